The van der Waals surface area contributed by atoms with Crippen molar-refractivity contribution in [3.05, 3.63) is 34.4 Å². The molecular weight excluding hydrogens is 216 g/mol. The monoisotopic (exact) mass is 232 g/mol. The average molecular weight is 232 g/mol. The number of ether oxygens (including phenoxy) is 1. The summed E-state index contributed by atoms with van der Waals surface area (Å²) in [5.41, 5.74) is 8.63. The zero-order valence-corrected chi connectivity index (χ0v) is 10.1. The first-order valence-corrected chi connectivity index (χ1v) is 5.48. The summed E-state index contributed by atoms with van der Waals surface area (Å²) in [6, 6.07) is 5.92. The van der Waals surface area contributed by atoms with Gasteiger partial charge in [-0.25, -0.2) is 0 Å². The van der Waals surface area contributed by atoms with E-state index in [4.69, 9.17) is 5.73 Å². The second-order valence-electron chi connectivity index (χ2n) is 3.66. The molecular formula is C13H16N2O2. The molecule has 0 aromatic heterocycles. The summed E-state index contributed by atoms with van der Waals surface area (Å²) in [7, 11) is 1.33. The molecule has 0 saturated carbocycles. The van der Waals surface area contributed by atoms with Crippen LogP contribution in [0, 0.1) is 11.3 Å². The summed E-state index contributed by atoms with van der Waals surface area (Å²) < 4.78 is 4.64. The molecule has 0 heterocycles. The summed E-state index contributed by atoms with van der Waals surface area (Å²) >= 11 is 0. The number of methoxy groups -OCH3 is 1. The van der Waals surface area contributed by atoms with Crippen molar-refractivity contribution in [2.75, 3.05) is 7.11 Å². The fraction of sp³-hybridized carbons (Fsp3) is 0.385. The van der Waals surface area contributed by atoms with Crippen molar-refractivity contribution in [3.8, 4) is 6.07 Å². The van der Waals surface area contributed by atoms with Crippen LogP contribution in [0.3, 0.4) is 0 Å². The van der Waals surface area contributed by atoms with Crippen LogP contribution in [-0.4, -0.2) is 13.1 Å². The molecule has 1 rings (SSSR count). The van der Waals surface area contributed by atoms with Gasteiger partial charge in [-0.05, 0) is 23.1 Å². The van der Waals surface area contributed by atoms with Crippen molar-refractivity contribution in [2.45, 2.75) is 26.3 Å². The number of esters is 1. The van der Waals surface area contributed by atoms with E-state index in [1.165, 1.54) is 7.11 Å². The van der Waals surface area contributed by atoms with E-state index in [0.29, 0.717) is 17.7 Å². The Morgan fingerprint density at radius 2 is 2.12 bits per heavy atom. The summed E-state index contributed by atoms with van der Waals surface area (Å²) in [6.07, 6.45) is 0.849. The van der Waals surface area contributed by atoms with Crippen LogP contribution < -0.4 is 5.73 Å². The fourth-order valence-corrected chi connectivity index (χ4v) is 1.78. The standard InChI is InChI=1S/C13H16N2O2/c1-3-9-4-5-10(7-14)11(12(9)8-15)6-13(16)17-2/h4-5H,3,6-7,14H2,1-2H3. The van der Waals surface area contributed by atoms with E-state index in [0.717, 1.165) is 17.5 Å². The van der Waals surface area contributed by atoms with Crippen LogP contribution in [-0.2, 0) is 28.9 Å². The van der Waals surface area contributed by atoms with Crippen molar-refractivity contribution in [1.29, 1.82) is 5.26 Å². The number of hydrogen-bond acceptors (Lipinski definition) is 4. The predicted molar refractivity (Wildman–Crippen MR) is 64.1 cm³/mol. The number of hydrogen-bond donors (Lipinski definition) is 1. The van der Waals surface area contributed by atoms with Gasteiger partial charge in [0.25, 0.3) is 0 Å². The van der Waals surface area contributed by atoms with Crippen LogP contribution in [0.4, 0.5) is 0 Å². The van der Waals surface area contributed by atoms with Gasteiger partial charge < -0.3 is 10.5 Å². The number of nitrogens with two attached hydrogens (primary N) is 1. The third-order valence-corrected chi connectivity index (χ3v) is 2.76. The quantitative estimate of drug-likeness (QED) is 0.794. The molecule has 0 aliphatic carbocycles. The smallest absolute Gasteiger partial charge is 0.310 e. The number of nitrogens with zero attached hydrogens (tertiary/aromatic N) is 1. The maximum atomic E-state index is 11.3. The first-order chi connectivity index (χ1) is 8.17. The lowest BCUT2D eigenvalue weighted by Gasteiger charge is -2.12. The highest BCUT2D eigenvalue weighted by atomic mass is 16.5. The van der Waals surface area contributed by atoms with Crippen LogP contribution in [0.15, 0.2) is 12.1 Å². The number of benzene rings is 1. The van der Waals surface area contributed by atoms with Crippen LogP contribution in [0.1, 0.15) is 29.2 Å². The highest BCUT2D eigenvalue weighted by molar-refractivity contribution is 5.74. The molecule has 90 valence electrons. The zero-order valence-electron chi connectivity index (χ0n) is 10.1. The van der Waals surface area contributed by atoms with Gasteiger partial charge in [0.1, 0.15) is 0 Å². The first-order valence-electron chi connectivity index (χ1n) is 5.48. The molecule has 0 spiro atoms. The van der Waals surface area contributed by atoms with Gasteiger partial charge in [-0.3, -0.25) is 4.79 Å². The second kappa shape index (κ2) is 6.02. The molecule has 0 saturated heterocycles. The molecule has 0 fully saturated rings. The predicted octanol–water partition coefficient (Wildman–Crippen LogP) is 1.29. The van der Waals surface area contributed by atoms with Gasteiger partial charge in [-0.1, -0.05) is 19.1 Å². The molecule has 1 aromatic rings. The van der Waals surface area contributed by atoms with E-state index in [9.17, 15) is 10.1 Å². The normalized spacial score (nSPS) is 9.76. The Hall–Kier alpha value is -1.86. The number of carbonyl (C=O) groups excluding carboxylic acids is 1. The molecule has 2 N–H and O–H groups in total. The lowest BCUT2D eigenvalue weighted by Crippen LogP contribution is -2.12. The van der Waals surface area contributed by atoms with E-state index in [1.807, 2.05) is 19.1 Å². The number of rotatable bonds is 4. The van der Waals surface area contributed by atoms with Gasteiger partial charge >= 0.3 is 5.97 Å². The van der Waals surface area contributed by atoms with E-state index < -0.39 is 0 Å². The van der Waals surface area contributed by atoms with Crippen LogP contribution >= 0.6 is 0 Å². The molecule has 1 aromatic carbocycles. The highest BCUT2D eigenvalue weighted by Gasteiger charge is 2.15. The van der Waals surface area contributed by atoms with Gasteiger partial charge in [0.15, 0.2) is 0 Å². The topological polar surface area (TPSA) is 76.1 Å². The van der Waals surface area contributed by atoms with Crippen molar-refractivity contribution in [3.63, 3.8) is 0 Å². The van der Waals surface area contributed by atoms with Crippen molar-refractivity contribution in [1.82, 2.24) is 0 Å². The Balaban J connectivity index is 3.31. The largest absolute Gasteiger partial charge is 0.469 e. The molecule has 0 aliphatic rings. The van der Waals surface area contributed by atoms with Gasteiger partial charge in [0.2, 0.25) is 0 Å². The molecule has 0 amide bonds. The number of carbonyl (C=O) groups is 1. The van der Waals surface area contributed by atoms with E-state index in [2.05, 4.69) is 10.8 Å². The molecule has 0 atom stereocenters. The molecule has 4 heteroatoms. The molecule has 0 bridgehead atoms. The maximum Gasteiger partial charge on any atom is 0.310 e. The van der Waals surface area contributed by atoms with Gasteiger partial charge in [0, 0.05) is 6.54 Å². The van der Waals surface area contributed by atoms with Gasteiger partial charge in [-0.15, -0.1) is 0 Å². The van der Waals surface area contributed by atoms with Crippen molar-refractivity contribution < 1.29 is 9.53 Å². The Morgan fingerprint density at radius 1 is 1.47 bits per heavy atom. The van der Waals surface area contributed by atoms with Crippen LogP contribution in [0.5, 0.6) is 0 Å². The van der Waals surface area contributed by atoms with Crippen molar-refractivity contribution in [2.24, 2.45) is 5.73 Å². The number of aryl methyl sites for hydroxylation is 1. The van der Waals surface area contributed by atoms with Crippen LogP contribution in [0.25, 0.3) is 0 Å². The maximum absolute atomic E-state index is 11.3. The Bertz CT molecular complexity index is 461. The summed E-state index contributed by atoms with van der Waals surface area (Å²) in [5, 5.41) is 9.19. The minimum atomic E-state index is -0.357. The molecule has 4 nitrogen and oxygen atoms in total. The van der Waals surface area contributed by atoms with Gasteiger partial charge in [-0.2, -0.15) is 5.26 Å². The Kier molecular flexibility index (Phi) is 4.68. The first kappa shape index (κ1) is 13.2. The van der Waals surface area contributed by atoms with Crippen molar-refractivity contribution >= 4 is 5.97 Å². The Labute approximate surface area is 101 Å². The second-order valence-corrected chi connectivity index (χ2v) is 3.66. The molecule has 17 heavy (non-hydrogen) atoms. The minimum absolute atomic E-state index is 0.0970. The van der Waals surface area contributed by atoms with E-state index >= 15 is 0 Å². The molecule has 0 radical (unpaired) electrons. The minimum Gasteiger partial charge on any atom is -0.469 e. The SMILES string of the molecule is CCc1ccc(CN)c(CC(=O)OC)c1C#N. The van der Waals surface area contributed by atoms with E-state index in [1.54, 1.807) is 0 Å². The summed E-state index contributed by atoms with van der Waals surface area (Å²) in [4.78, 5) is 11.3. The zero-order chi connectivity index (χ0) is 12.8. The van der Waals surface area contributed by atoms with E-state index in [-0.39, 0.29) is 12.4 Å². The summed E-state index contributed by atoms with van der Waals surface area (Å²) in [5.74, 6) is -0.357. The number of nitriles is 1. The summed E-state index contributed by atoms with van der Waals surface area (Å²) in [6.45, 7) is 2.28. The molecule has 0 unspecified atom stereocenters. The fourth-order valence-electron chi connectivity index (χ4n) is 1.78. The Morgan fingerprint density at radius 3 is 2.59 bits per heavy atom. The third-order valence-electron chi connectivity index (χ3n) is 2.76. The molecule has 0 aliphatic heterocycles. The lowest BCUT2D eigenvalue weighted by molar-refractivity contribution is -0.139. The van der Waals surface area contributed by atoms with Crippen LogP contribution in [0.2, 0.25) is 0 Å². The lowest BCUT2D eigenvalue weighted by atomic mass is 9.93. The third kappa shape index (κ3) is 2.83. The van der Waals surface area contributed by atoms with Gasteiger partial charge in [0.05, 0.1) is 25.2 Å². The average Bonchev–Trinajstić information content (AvgIpc) is 2.37. The highest BCUT2D eigenvalue weighted by Crippen LogP contribution is 2.20.